The van der Waals surface area contributed by atoms with Crippen LogP contribution in [0.5, 0.6) is 11.5 Å². The first-order chi connectivity index (χ1) is 12.6. The van der Waals surface area contributed by atoms with Gasteiger partial charge in [-0.15, -0.1) is 0 Å². The zero-order chi connectivity index (χ0) is 18.5. The number of phenolic OH excluding ortho intramolecular Hbond substituents is 2. The number of phenols is 2. The Morgan fingerprint density at radius 2 is 1.12 bits per heavy atom. The largest absolute Gasteiger partial charge is 0.508 e. The van der Waals surface area contributed by atoms with Crippen molar-refractivity contribution in [2.75, 3.05) is 26.2 Å². The average Bonchev–Trinajstić information content (AvgIpc) is 2.64. The molecule has 0 unspecified atom stereocenters. The van der Waals surface area contributed by atoms with E-state index in [0.717, 1.165) is 47.1 Å². The highest BCUT2D eigenvalue weighted by Gasteiger charge is 2.34. The molecular weight excluding hydrogens is 328 g/mol. The number of rotatable bonds is 4. The van der Waals surface area contributed by atoms with E-state index in [1.54, 1.807) is 36.4 Å². The highest BCUT2D eigenvalue weighted by molar-refractivity contribution is 5.31. The molecule has 2 aromatic rings. The summed E-state index contributed by atoms with van der Waals surface area (Å²) in [6.07, 6.45) is 0. The van der Waals surface area contributed by atoms with Crippen LogP contribution < -0.4 is 9.80 Å². The average molecular weight is 350 g/mol. The number of quaternary nitrogens is 2. The van der Waals surface area contributed by atoms with Gasteiger partial charge in [-0.25, -0.2) is 0 Å². The van der Waals surface area contributed by atoms with Crippen LogP contribution in [0.3, 0.4) is 0 Å². The highest BCUT2D eigenvalue weighted by atomic mass is 16.3. The lowest BCUT2D eigenvalue weighted by Crippen LogP contribution is -3.28. The molecule has 1 aliphatic heterocycles. The first-order valence-electron chi connectivity index (χ1n) is 8.68. The summed E-state index contributed by atoms with van der Waals surface area (Å²) in [5.74, 6) is 0.333. The molecular formula is C20H22N4O2+2. The first kappa shape index (κ1) is 17.8. The van der Waals surface area contributed by atoms with Crippen molar-refractivity contribution in [2.24, 2.45) is 0 Å². The lowest BCUT2D eigenvalue weighted by molar-refractivity contribution is -1.03. The Kier molecular flexibility index (Phi) is 5.38. The maximum Gasteiger partial charge on any atom is 0.201 e. The minimum Gasteiger partial charge on any atom is -0.508 e. The third-order valence-electron chi connectivity index (χ3n) is 5.02. The van der Waals surface area contributed by atoms with E-state index in [-0.39, 0.29) is 23.6 Å². The maximum absolute atomic E-state index is 9.67. The van der Waals surface area contributed by atoms with Gasteiger partial charge in [-0.3, -0.25) is 0 Å². The fourth-order valence-electron chi connectivity index (χ4n) is 3.68. The Morgan fingerprint density at radius 1 is 0.731 bits per heavy atom. The van der Waals surface area contributed by atoms with E-state index in [9.17, 15) is 20.7 Å². The normalized spacial score (nSPS) is 21.9. The molecule has 0 amide bonds. The van der Waals surface area contributed by atoms with E-state index in [4.69, 9.17) is 0 Å². The summed E-state index contributed by atoms with van der Waals surface area (Å²) in [4.78, 5) is 2.30. The van der Waals surface area contributed by atoms with Crippen molar-refractivity contribution in [2.45, 2.75) is 12.1 Å². The summed E-state index contributed by atoms with van der Waals surface area (Å²) < 4.78 is 0. The fraction of sp³-hybridized carbons (Fsp3) is 0.300. The third kappa shape index (κ3) is 3.78. The number of piperazine rings is 1. The van der Waals surface area contributed by atoms with Gasteiger partial charge in [-0.05, 0) is 24.3 Å². The van der Waals surface area contributed by atoms with Crippen LogP contribution >= 0.6 is 0 Å². The molecule has 6 nitrogen and oxygen atoms in total. The summed E-state index contributed by atoms with van der Waals surface area (Å²) in [7, 11) is 0. The third-order valence-corrected chi connectivity index (χ3v) is 5.02. The van der Waals surface area contributed by atoms with E-state index in [1.807, 2.05) is 12.1 Å². The predicted molar refractivity (Wildman–Crippen MR) is 94.3 cm³/mol. The van der Waals surface area contributed by atoms with E-state index in [0.29, 0.717) is 0 Å². The minimum absolute atomic E-state index is 0.167. The van der Waals surface area contributed by atoms with Crippen molar-refractivity contribution in [1.29, 1.82) is 10.5 Å². The van der Waals surface area contributed by atoms with Gasteiger partial charge in [0.25, 0.3) is 0 Å². The number of nitriles is 2. The molecule has 0 aliphatic carbocycles. The molecule has 0 aromatic heterocycles. The Balaban J connectivity index is 1.70. The van der Waals surface area contributed by atoms with E-state index in [1.165, 1.54) is 0 Å². The standard InChI is InChI=1S/C20H20N4O2/c21-13-19(15-3-1-5-17(25)11-15)23-7-9-24(10-8-23)20(14-22)16-4-2-6-18(26)12-16/h1-6,11-12,19-20,25-26H,7-10H2/p+2/t19-,20-/m1/s1. The molecule has 0 radical (unpaired) electrons. The summed E-state index contributed by atoms with van der Waals surface area (Å²) in [6, 6.07) is 17.8. The number of hydrogen-bond acceptors (Lipinski definition) is 4. The molecule has 4 N–H and O–H groups in total. The minimum atomic E-state index is -0.329. The van der Waals surface area contributed by atoms with Gasteiger partial charge in [0.1, 0.15) is 49.8 Å². The van der Waals surface area contributed by atoms with Crippen LogP contribution in [-0.2, 0) is 0 Å². The number of nitrogens with one attached hydrogen (secondary N) is 2. The van der Waals surface area contributed by atoms with Crippen LogP contribution in [0.4, 0.5) is 0 Å². The summed E-state index contributed by atoms with van der Waals surface area (Å²) in [5.41, 5.74) is 1.63. The molecule has 1 aliphatic rings. The van der Waals surface area contributed by atoms with Gasteiger partial charge in [0, 0.05) is 11.1 Å². The summed E-state index contributed by atoms with van der Waals surface area (Å²) in [6.45, 7) is 3.06. The van der Waals surface area contributed by atoms with Crippen LogP contribution in [0, 0.1) is 22.7 Å². The van der Waals surface area contributed by atoms with Crippen LogP contribution in [0.15, 0.2) is 48.5 Å². The lowest BCUT2D eigenvalue weighted by Gasteiger charge is -2.34. The van der Waals surface area contributed by atoms with Crippen molar-refractivity contribution in [3.63, 3.8) is 0 Å². The predicted octanol–water partition coefficient (Wildman–Crippen LogP) is -0.289. The number of benzene rings is 2. The van der Waals surface area contributed by atoms with Gasteiger partial charge < -0.3 is 20.0 Å². The lowest BCUT2D eigenvalue weighted by atomic mass is 10.0. The second-order valence-corrected chi connectivity index (χ2v) is 6.63. The topological polar surface area (TPSA) is 96.9 Å². The molecule has 1 saturated heterocycles. The van der Waals surface area contributed by atoms with Crippen molar-refractivity contribution >= 4 is 0 Å². The number of hydrogen-bond donors (Lipinski definition) is 4. The molecule has 26 heavy (non-hydrogen) atoms. The molecule has 2 atom stereocenters. The monoisotopic (exact) mass is 350 g/mol. The van der Waals surface area contributed by atoms with Gasteiger partial charge in [-0.2, -0.15) is 10.5 Å². The molecule has 0 saturated carbocycles. The molecule has 2 aromatic carbocycles. The van der Waals surface area contributed by atoms with Gasteiger partial charge in [0.15, 0.2) is 0 Å². The molecule has 0 spiro atoms. The van der Waals surface area contributed by atoms with Crippen molar-refractivity contribution in [3.8, 4) is 23.6 Å². The Hall–Kier alpha value is -3.06. The van der Waals surface area contributed by atoms with E-state index in [2.05, 4.69) is 12.1 Å². The maximum atomic E-state index is 9.67. The summed E-state index contributed by atoms with van der Waals surface area (Å²) >= 11 is 0. The molecule has 0 bridgehead atoms. The molecule has 1 heterocycles. The van der Waals surface area contributed by atoms with Crippen LogP contribution in [0.1, 0.15) is 23.2 Å². The second kappa shape index (κ2) is 7.88. The Morgan fingerprint density at radius 3 is 1.42 bits per heavy atom. The molecule has 3 rings (SSSR count). The second-order valence-electron chi connectivity index (χ2n) is 6.63. The number of aromatic hydroxyl groups is 2. The zero-order valence-electron chi connectivity index (χ0n) is 14.4. The summed E-state index contributed by atoms with van der Waals surface area (Å²) in [5, 5.41) is 38.6. The van der Waals surface area contributed by atoms with Gasteiger partial charge in [0.2, 0.25) is 12.1 Å². The Labute approximate surface area is 152 Å². The fourth-order valence-corrected chi connectivity index (χ4v) is 3.68. The van der Waals surface area contributed by atoms with Gasteiger partial charge >= 0.3 is 0 Å². The number of nitrogens with zero attached hydrogens (tertiary/aromatic N) is 2. The van der Waals surface area contributed by atoms with Crippen molar-refractivity contribution < 1.29 is 20.0 Å². The van der Waals surface area contributed by atoms with Crippen LogP contribution in [-0.4, -0.2) is 36.4 Å². The molecule has 132 valence electrons. The van der Waals surface area contributed by atoms with Crippen molar-refractivity contribution in [3.05, 3.63) is 59.7 Å². The van der Waals surface area contributed by atoms with E-state index >= 15 is 0 Å². The molecule has 6 heteroatoms. The van der Waals surface area contributed by atoms with Gasteiger partial charge in [0.05, 0.1) is 0 Å². The quantitative estimate of drug-likeness (QED) is 0.609. The van der Waals surface area contributed by atoms with E-state index < -0.39 is 0 Å². The Bertz CT molecular complexity index is 776. The highest BCUT2D eigenvalue weighted by Crippen LogP contribution is 2.17. The SMILES string of the molecule is N#C[C@H](c1cccc(O)c1)[NH+]1CC[NH+]([C@H](C#N)c2cccc(O)c2)CC1. The van der Waals surface area contributed by atoms with Crippen molar-refractivity contribution in [1.82, 2.24) is 0 Å². The molecule has 1 fully saturated rings. The smallest absolute Gasteiger partial charge is 0.201 e. The zero-order valence-corrected chi connectivity index (χ0v) is 14.4. The van der Waals surface area contributed by atoms with Crippen LogP contribution in [0.25, 0.3) is 0 Å². The first-order valence-corrected chi connectivity index (χ1v) is 8.68. The van der Waals surface area contributed by atoms with Crippen LogP contribution in [0.2, 0.25) is 0 Å². The van der Waals surface area contributed by atoms with Gasteiger partial charge in [-0.1, -0.05) is 24.3 Å².